The quantitative estimate of drug-likeness (QED) is 0.769. The van der Waals surface area contributed by atoms with Crippen molar-refractivity contribution in [2.24, 2.45) is 5.92 Å². The molecule has 1 aliphatic carbocycles. The summed E-state index contributed by atoms with van der Waals surface area (Å²) in [5, 5.41) is 11.0. The van der Waals surface area contributed by atoms with Crippen LogP contribution in [0.1, 0.15) is 45.4 Å². The summed E-state index contributed by atoms with van der Waals surface area (Å²) in [6.07, 6.45) is 5.21. The van der Waals surface area contributed by atoms with Crippen LogP contribution in [0.4, 0.5) is 0 Å². The van der Waals surface area contributed by atoms with Gasteiger partial charge in [0, 0.05) is 23.5 Å². The van der Waals surface area contributed by atoms with Crippen LogP contribution in [0.3, 0.4) is 0 Å². The van der Waals surface area contributed by atoms with Crippen molar-refractivity contribution in [2.45, 2.75) is 63.7 Å². The number of hydrogen-bond donors (Lipinski definition) is 1. The molecule has 0 unspecified atom stereocenters. The molecule has 6 heteroatoms. The van der Waals surface area contributed by atoms with E-state index in [0.29, 0.717) is 10.8 Å². The monoisotopic (exact) mass is 429 g/mol. The molecule has 1 N–H and O–H groups in total. The van der Waals surface area contributed by atoms with Crippen LogP contribution in [-0.2, 0) is 4.79 Å². The normalized spacial score (nSPS) is 28.0. The van der Waals surface area contributed by atoms with E-state index in [-0.39, 0.29) is 24.0 Å². The van der Waals surface area contributed by atoms with E-state index < -0.39 is 6.10 Å². The van der Waals surface area contributed by atoms with Gasteiger partial charge < -0.3 is 14.7 Å². The number of aliphatic hydroxyl groups is 1. The molecule has 1 amide bonds. The molecule has 4 nitrogen and oxygen atoms in total. The summed E-state index contributed by atoms with van der Waals surface area (Å²) in [4.78, 5) is 14.9. The predicted molar refractivity (Wildman–Crippen MR) is 102 cm³/mol. The van der Waals surface area contributed by atoms with Gasteiger partial charge in [0.25, 0.3) is 5.91 Å². The molecule has 0 aromatic heterocycles. The maximum Gasteiger partial charge on any atom is 0.263 e. The number of ether oxygens (including phenoxy) is 1. The fourth-order valence-corrected chi connectivity index (χ4v) is 4.92. The summed E-state index contributed by atoms with van der Waals surface area (Å²) in [7, 11) is 0. The highest BCUT2D eigenvalue weighted by Crippen LogP contribution is 2.35. The molecule has 25 heavy (non-hydrogen) atoms. The highest BCUT2D eigenvalue weighted by molar-refractivity contribution is 9.10. The SMILES string of the molecule is C[C@H](Oc1ccc(Cl)cc1Br)C(=O)N1CCC[C@@H]1[C@@H]1CCCC[C@H]1O. The van der Waals surface area contributed by atoms with Gasteiger partial charge in [-0.3, -0.25) is 4.79 Å². The molecule has 0 radical (unpaired) electrons. The first-order valence-electron chi connectivity index (χ1n) is 9.07. The van der Waals surface area contributed by atoms with Gasteiger partial charge in [-0.05, 0) is 66.7 Å². The Labute approximate surface area is 162 Å². The summed E-state index contributed by atoms with van der Waals surface area (Å²) in [5.74, 6) is 0.815. The van der Waals surface area contributed by atoms with Gasteiger partial charge in [-0.15, -0.1) is 0 Å². The van der Waals surface area contributed by atoms with Gasteiger partial charge in [-0.1, -0.05) is 24.4 Å². The van der Waals surface area contributed by atoms with Crippen LogP contribution in [0.15, 0.2) is 22.7 Å². The summed E-state index contributed by atoms with van der Waals surface area (Å²) in [6.45, 7) is 2.54. The zero-order valence-electron chi connectivity index (χ0n) is 14.5. The second-order valence-electron chi connectivity index (χ2n) is 7.09. The topological polar surface area (TPSA) is 49.8 Å². The minimum atomic E-state index is -0.571. The largest absolute Gasteiger partial charge is 0.480 e. The number of likely N-dealkylation sites (tertiary alicyclic amines) is 1. The molecule has 1 saturated heterocycles. The van der Waals surface area contributed by atoms with Gasteiger partial charge in [-0.25, -0.2) is 0 Å². The number of hydrogen-bond acceptors (Lipinski definition) is 3. The fourth-order valence-electron chi connectivity index (χ4n) is 4.15. The average molecular weight is 431 g/mol. The molecule has 138 valence electrons. The van der Waals surface area contributed by atoms with Crippen molar-refractivity contribution in [2.75, 3.05) is 6.54 Å². The van der Waals surface area contributed by atoms with E-state index in [0.717, 1.165) is 49.5 Å². The Morgan fingerprint density at radius 3 is 2.80 bits per heavy atom. The van der Waals surface area contributed by atoms with Gasteiger partial charge in [-0.2, -0.15) is 0 Å². The smallest absolute Gasteiger partial charge is 0.263 e. The fraction of sp³-hybridized carbons (Fsp3) is 0.632. The summed E-state index contributed by atoms with van der Waals surface area (Å²) >= 11 is 9.38. The molecular formula is C19H25BrClNO3. The molecular weight excluding hydrogens is 406 g/mol. The molecule has 4 atom stereocenters. The molecule has 2 fully saturated rings. The van der Waals surface area contributed by atoms with Crippen molar-refractivity contribution in [1.82, 2.24) is 4.90 Å². The van der Waals surface area contributed by atoms with Crippen LogP contribution in [0.5, 0.6) is 5.75 Å². The van der Waals surface area contributed by atoms with Crippen LogP contribution in [0, 0.1) is 5.92 Å². The van der Waals surface area contributed by atoms with Crippen molar-refractivity contribution in [3.05, 3.63) is 27.7 Å². The molecule has 1 saturated carbocycles. The predicted octanol–water partition coefficient (Wildman–Crippen LogP) is 4.41. The third-order valence-electron chi connectivity index (χ3n) is 5.40. The van der Waals surface area contributed by atoms with Crippen LogP contribution in [0.2, 0.25) is 5.02 Å². The lowest BCUT2D eigenvalue weighted by atomic mass is 9.80. The molecule has 2 aliphatic rings. The van der Waals surface area contributed by atoms with Crippen LogP contribution in [-0.4, -0.2) is 40.7 Å². The van der Waals surface area contributed by atoms with Gasteiger partial charge in [0.15, 0.2) is 6.10 Å². The molecule has 3 rings (SSSR count). The number of halogens is 2. The Kier molecular flexibility index (Phi) is 6.29. The summed E-state index contributed by atoms with van der Waals surface area (Å²) in [5.41, 5.74) is 0. The zero-order valence-corrected chi connectivity index (χ0v) is 16.8. The van der Waals surface area contributed by atoms with E-state index in [1.165, 1.54) is 0 Å². The van der Waals surface area contributed by atoms with Crippen molar-refractivity contribution in [1.29, 1.82) is 0 Å². The molecule has 1 heterocycles. The first-order chi connectivity index (χ1) is 12.0. The number of aliphatic hydroxyl groups excluding tert-OH is 1. The van der Waals surface area contributed by atoms with Crippen molar-refractivity contribution >= 4 is 33.4 Å². The van der Waals surface area contributed by atoms with Crippen molar-refractivity contribution < 1.29 is 14.6 Å². The second kappa shape index (κ2) is 8.28. The first kappa shape index (κ1) is 19.0. The van der Waals surface area contributed by atoms with Crippen LogP contribution in [0.25, 0.3) is 0 Å². The molecule has 1 aliphatic heterocycles. The summed E-state index contributed by atoms with van der Waals surface area (Å²) < 4.78 is 6.61. The Hall–Kier alpha value is -0.780. The van der Waals surface area contributed by atoms with E-state index in [4.69, 9.17) is 16.3 Å². The molecule has 1 aromatic rings. The Morgan fingerprint density at radius 1 is 1.32 bits per heavy atom. The number of nitrogens with zero attached hydrogens (tertiary/aromatic N) is 1. The first-order valence-corrected chi connectivity index (χ1v) is 10.2. The van der Waals surface area contributed by atoms with E-state index in [1.54, 1.807) is 25.1 Å². The second-order valence-corrected chi connectivity index (χ2v) is 8.38. The lowest BCUT2D eigenvalue weighted by Gasteiger charge is -2.38. The number of rotatable bonds is 4. The Bertz CT molecular complexity index is 627. The van der Waals surface area contributed by atoms with Crippen LogP contribution < -0.4 is 4.74 Å². The average Bonchev–Trinajstić information content (AvgIpc) is 3.06. The van der Waals surface area contributed by atoms with Crippen LogP contribution >= 0.6 is 27.5 Å². The summed E-state index contributed by atoms with van der Waals surface area (Å²) in [6, 6.07) is 5.41. The van der Waals surface area contributed by atoms with E-state index in [2.05, 4.69) is 15.9 Å². The lowest BCUT2D eigenvalue weighted by molar-refractivity contribution is -0.141. The maximum absolute atomic E-state index is 13.0. The third kappa shape index (κ3) is 4.32. The van der Waals surface area contributed by atoms with E-state index >= 15 is 0 Å². The lowest BCUT2D eigenvalue weighted by Crippen LogP contribution is -2.49. The maximum atomic E-state index is 13.0. The number of carbonyl (C=O) groups is 1. The Balaban J connectivity index is 1.68. The van der Waals surface area contributed by atoms with Crippen molar-refractivity contribution in [3.8, 4) is 5.75 Å². The number of amides is 1. The zero-order chi connectivity index (χ0) is 18.0. The minimum absolute atomic E-state index is 0.00197. The minimum Gasteiger partial charge on any atom is -0.480 e. The Morgan fingerprint density at radius 2 is 2.08 bits per heavy atom. The molecule has 1 aromatic carbocycles. The van der Waals surface area contributed by atoms with Gasteiger partial charge in [0.2, 0.25) is 0 Å². The van der Waals surface area contributed by atoms with E-state index in [9.17, 15) is 9.90 Å². The number of benzene rings is 1. The highest BCUT2D eigenvalue weighted by atomic mass is 79.9. The van der Waals surface area contributed by atoms with Crippen molar-refractivity contribution in [3.63, 3.8) is 0 Å². The highest BCUT2D eigenvalue weighted by Gasteiger charge is 2.40. The standard InChI is InChI=1S/C19H25BrClNO3/c1-12(25-18-9-8-13(21)11-15(18)20)19(24)22-10-4-6-16(22)14-5-2-3-7-17(14)23/h8-9,11-12,14,16-17,23H,2-7,10H2,1H3/t12-,14-,16+,17+/m0/s1. The van der Waals surface area contributed by atoms with Gasteiger partial charge in [0.1, 0.15) is 5.75 Å². The molecule has 0 spiro atoms. The van der Waals surface area contributed by atoms with Gasteiger partial charge in [0.05, 0.1) is 10.6 Å². The van der Waals surface area contributed by atoms with Gasteiger partial charge >= 0.3 is 0 Å². The third-order valence-corrected chi connectivity index (χ3v) is 6.26. The molecule has 0 bridgehead atoms. The number of carbonyl (C=O) groups excluding carboxylic acids is 1. The van der Waals surface area contributed by atoms with E-state index in [1.807, 2.05) is 4.90 Å².